The minimum absolute atomic E-state index is 0.0861. The average Bonchev–Trinajstić information content (AvgIpc) is 2.20. The number of benzene rings is 1. The molecule has 1 rings (SSSR count). The molecule has 14 heavy (non-hydrogen) atoms. The van der Waals surface area contributed by atoms with Gasteiger partial charge in [0.2, 0.25) is 5.91 Å². The van der Waals surface area contributed by atoms with Crippen molar-refractivity contribution < 1.29 is 9.90 Å². The Balaban J connectivity index is 2.19. The molecular formula is C11H15NO2. The van der Waals surface area contributed by atoms with E-state index in [1.807, 2.05) is 30.3 Å². The molecule has 0 heterocycles. The van der Waals surface area contributed by atoms with Crippen LogP contribution in [-0.2, 0) is 11.2 Å². The van der Waals surface area contributed by atoms with Crippen molar-refractivity contribution in [1.82, 2.24) is 5.32 Å². The topological polar surface area (TPSA) is 49.3 Å². The normalized spacial score (nSPS) is 9.79. The Morgan fingerprint density at radius 2 is 2.00 bits per heavy atom. The molecule has 0 aromatic heterocycles. The van der Waals surface area contributed by atoms with Gasteiger partial charge in [-0.1, -0.05) is 30.3 Å². The van der Waals surface area contributed by atoms with Crippen LogP contribution in [0.3, 0.4) is 0 Å². The third-order valence-electron chi connectivity index (χ3n) is 1.92. The zero-order chi connectivity index (χ0) is 10.2. The van der Waals surface area contributed by atoms with Crippen molar-refractivity contribution in [3.63, 3.8) is 0 Å². The number of hydrogen-bond donors (Lipinski definition) is 2. The number of hydrogen-bond acceptors (Lipinski definition) is 2. The molecule has 0 bridgehead atoms. The lowest BCUT2D eigenvalue weighted by molar-refractivity contribution is -0.121. The molecule has 0 spiro atoms. The lowest BCUT2D eigenvalue weighted by Crippen LogP contribution is -2.26. The summed E-state index contributed by atoms with van der Waals surface area (Å²) in [6.07, 6.45) is 1.02. The molecule has 1 amide bonds. The lowest BCUT2D eigenvalue weighted by atomic mass is 10.1. The third-order valence-corrected chi connectivity index (χ3v) is 1.92. The van der Waals surface area contributed by atoms with Crippen LogP contribution in [0.5, 0.6) is 0 Å². The molecule has 0 aliphatic carbocycles. The molecule has 1 aromatic rings. The molecule has 0 aliphatic heterocycles. The van der Waals surface area contributed by atoms with Crippen molar-refractivity contribution in [2.24, 2.45) is 0 Å². The first-order chi connectivity index (χ1) is 6.83. The lowest BCUT2D eigenvalue weighted by Gasteiger charge is -2.03. The Hall–Kier alpha value is -1.35. The van der Waals surface area contributed by atoms with Gasteiger partial charge in [0.1, 0.15) is 0 Å². The van der Waals surface area contributed by atoms with Crippen LogP contribution < -0.4 is 5.32 Å². The van der Waals surface area contributed by atoms with Crippen molar-refractivity contribution in [1.29, 1.82) is 0 Å². The molecule has 0 saturated heterocycles. The third kappa shape index (κ3) is 4.05. The SMILES string of the molecule is O=C(CCO)NCCc1ccccc1. The van der Waals surface area contributed by atoms with E-state index in [0.29, 0.717) is 6.54 Å². The highest BCUT2D eigenvalue weighted by Gasteiger charge is 1.98. The van der Waals surface area contributed by atoms with E-state index in [1.165, 1.54) is 5.56 Å². The summed E-state index contributed by atoms with van der Waals surface area (Å²) in [4.78, 5) is 11.0. The molecule has 0 unspecified atom stereocenters. The predicted molar refractivity (Wildman–Crippen MR) is 54.9 cm³/mol. The van der Waals surface area contributed by atoms with E-state index in [9.17, 15) is 4.79 Å². The maximum absolute atomic E-state index is 11.0. The van der Waals surface area contributed by atoms with Gasteiger partial charge in [-0.15, -0.1) is 0 Å². The van der Waals surface area contributed by atoms with Crippen LogP contribution >= 0.6 is 0 Å². The summed E-state index contributed by atoms with van der Waals surface area (Å²) in [6, 6.07) is 9.97. The predicted octanol–water partition coefficient (Wildman–Crippen LogP) is 0.728. The van der Waals surface area contributed by atoms with Crippen LogP contribution in [0, 0.1) is 0 Å². The van der Waals surface area contributed by atoms with E-state index in [1.54, 1.807) is 0 Å². The fourth-order valence-electron chi connectivity index (χ4n) is 1.18. The largest absolute Gasteiger partial charge is 0.396 e. The molecule has 1 aromatic carbocycles. The molecule has 0 radical (unpaired) electrons. The highest BCUT2D eigenvalue weighted by Crippen LogP contribution is 1.97. The molecule has 0 fully saturated rings. The van der Waals surface area contributed by atoms with E-state index in [4.69, 9.17) is 5.11 Å². The van der Waals surface area contributed by atoms with E-state index < -0.39 is 0 Å². The number of carbonyl (C=O) groups is 1. The van der Waals surface area contributed by atoms with Crippen molar-refractivity contribution in [2.75, 3.05) is 13.2 Å². The molecule has 0 atom stereocenters. The minimum Gasteiger partial charge on any atom is -0.396 e. The van der Waals surface area contributed by atoms with Crippen LogP contribution in [0.25, 0.3) is 0 Å². The van der Waals surface area contributed by atoms with Gasteiger partial charge in [-0.2, -0.15) is 0 Å². The van der Waals surface area contributed by atoms with Crippen LogP contribution in [0.4, 0.5) is 0 Å². The van der Waals surface area contributed by atoms with Crippen molar-refractivity contribution in [3.05, 3.63) is 35.9 Å². The summed E-state index contributed by atoms with van der Waals surface area (Å²) in [6.45, 7) is 0.542. The van der Waals surface area contributed by atoms with Gasteiger partial charge in [0.25, 0.3) is 0 Å². The van der Waals surface area contributed by atoms with Gasteiger partial charge in [0, 0.05) is 13.0 Å². The van der Waals surface area contributed by atoms with Crippen molar-refractivity contribution >= 4 is 5.91 Å². The van der Waals surface area contributed by atoms with Crippen LogP contribution in [0.2, 0.25) is 0 Å². The summed E-state index contributed by atoms with van der Waals surface area (Å²) in [5, 5.41) is 11.2. The molecular weight excluding hydrogens is 178 g/mol. The molecule has 3 nitrogen and oxygen atoms in total. The quantitative estimate of drug-likeness (QED) is 0.724. The van der Waals surface area contributed by atoms with Crippen LogP contribution in [0.15, 0.2) is 30.3 Å². The Labute approximate surface area is 83.8 Å². The summed E-state index contributed by atoms with van der Waals surface area (Å²) < 4.78 is 0. The first kappa shape index (κ1) is 10.7. The number of nitrogens with one attached hydrogen (secondary N) is 1. The van der Waals surface area contributed by atoms with Crippen LogP contribution in [-0.4, -0.2) is 24.2 Å². The molecule has 0 saturated carbocycles. The fraction of sp³-hybridized carbons (Fsp3) is 0.364. The standard InChI is InChI=1S/C11H15NO2/c13-9-7-11(14)12-8-6-10-4-2-1-3-5-10/h1-5,13H,6-9H2,(H,12,14). The maximum Gasteiger partial charge on any atom is 0.222 e. The summed E-state index contributed by atoms with van der Waals surface area (Å²) in [5.74, 6) is -0.0940. The van der Waals surface area contributed by atoms with Gasteiger partial charge < -0.3 is 10.4 Å². The van der Waals surface area contributed by atoms with Gasteiger partial charge in [0.05, 0.1) is 6.61 Å². The summed E-state index contributed by atoms with van der Waals surface area (Å²) in [5.41, 5.74) is 1.21. The average molecular weight is 193 g/mol. The van der Waals surface area contributed by atoms with Crippen molar-refractivity contribution in [2.45, 2.75) is 12.8 Å². The van der Waals surface area contributed by atoms with Gasteiger partial charge in [-0.05, 0) is 12.0 Å². The van der Waals surface area contributed by atoms with E-state index >= 15 is 0 Å². The first-order valence-electron chi connectivity index (χ1n) is 4.74. The van der Waals surface area contributed by atoms with Gasteiger partial charge >= 0.3 is 0 Å². The van der Waals surface area contributed by atoms with Crippen LogP contribution in [0.1, 0.15) is 12.0 Å². The zero-order valence-electron chi connectivity index (χ0n) is 8.07. The summed E-state index contributed by atoms with van der Waals surface area (Å²) >= 11 is 0. The molecule has 3 heteroatoms. The smallest absolute Gasteiger partial charge is 0.222 e. The van der Waals surface area contributed by atoms with E-state index in [0.717, 1.165) is 6.42 Å². The second-order valence-corrected chi connectivity index (χ2v) is 3.06. The van der Waals surface area contributed by atoms with Gasteiger partial charge in [-0.3, -0.25) is 4.79 Å². The van der Waals surface area contributed by atoms with Gasteiger partial charge in [0.15, 0.2) is 0 Å². The fourth-order valence-corrected chi connectivity index (χ4v) is 1.18. The Morgan fingerprint density at radius 3 is 2.64 bits per heavy atom. The Kier molecular flexibility index (Phi) is 4.72. The monoisotopic (exact) mass is 193 g/mol. The summed E-state index contributed by atoms with van der Waals surface area (Å²) in [7, 11) is 0. The number of rotatable bonds is 5. The van der Waals surface area contributed by atoms with E-state index in [2.05, 4.69) is 5.32 Å². The number of amides is 1. The highest BCUT2D eigenvalue weighted by atomic mass is 16.3. The second-order valence-electron chi connectivity index (χ2n) is 3.06. The first-order valence-corrected chi connectivity index (χ1v) is 4.74. The molecule has 0 aliphatic rings. The number of carbonyl (C=O) groups excluding carboxylic acids is 1. The maximum atomic E-state index is 11.0. The van der Waals surface area contributed by atoms with Gasteiger partial charge in [-0.25, -0.2) is 0 Å². The Morgan fingerprint density at radius 1 is 1.29 bits per heavy atom. The minimum atomic E-state index is -0.0940. The zero-order valence-corrected chi connectivity index (χ0v) is 8.07. The molecule has 2 N–H and O–H groups in total. The number of aliphatic hydroxyl groups excluding tert-OH is 1. The Bertz CT molecular complexity index is 272. The van der Waals surface area contributed by atoms with Crippen molar-refractivity contribution in [3.8, 4) is 0 Å². The molecule has 76 valence electrons. The second kappa shape index (κ2) is 6.16. The number of aliphatic hydroxyl groups is 1. The van der Waals surface area contributed by atoms with E-state index in [-0.39, 0.29) is 18.9 Å². The highest BCUT2D eigenvalue weighted by molar-refractivity contribution is 5.75.